The summed E-state index contributed by atoms with van der Waals surface area (Å²) in [6, 6.07) is 18.0. The first-order valence-corrected chi connectivity index (χ1v) is 6.94. The van der Waals surface area contributed by atoms with Crippen LogP contribution in [-0.4, -0.2) is 0 Å². The predicted octanol–water partition coefficient (Wildman–Crippen LogP) is 4.74. The molecule has 0 saturated heterocycles. The zero-order chi connectivity index (χ0) is 13.9. The van der Waals surface area contributed by atoms with Gasteiger partial charge in [-0.25, -0.2) is 0 Å². The van der Waals surface area contributed by atoms with Crippen molar-refractivity contribution in [3.8, 4) is 11.5 Å². The minimum atomic E-state index is -0.173. The number of ether oxygens (including phenoxy) is 2. The second-order valence-corrected chi connectivity index (χ2v) is 5.27. The quantitative estimate of drug-likeness (QED) is 0.781. The van der Waals surface area contributed by atoms with Gasteiger partial charge < -0.3 is 9.47 Å². The minimum Gasteiger partial charge on any atom is -0.474 e. The maximum Gasteiger partial charge on any atom is 0.181 e. The van der Waals surface area contributed by atoms with Gasteiger partial charge in [-0.3, -0.25) is 0 Å². The predicted molar refractivity (Wildman–Crippen MR) is 79.8 cm³/mol. The number of benzene rings is 2. The van der Waals surface area contributed by atoms with E-state index < -0.39 is 0 Å². The molecule has 1 unspecified atom stereocenters. The molecule has 0 aromatic heterocycles. The van der Waals surface area contributed by atoms with Gasteiger partial charge in [0, 0.05) is 5.56 Å². The number of rotatable bonds is 2. The minimum absolute atomic E-state index is 0.173. The zero-order valence-corrected chi connectivity index (χ0v) is 11.7. The number of hydrogen-bond acceptors (Lipinski definition) is 2. The molecule has 20 heavy (non-hydrogen) atoms. The molecule has 1 aliphatic heterocycles. The zero-order valence-electron chi connectivity index (χ0n) is 11.7. The summed E-state index contributed by atoms with van der Waals surface area (Å²) in [6.07, 6.45) is 1.95. The van der Waals surface area contributed by atoms with E-state index >= 15 is 0 Å². The molecule has 1 heterocycles. The molecule has 0 fully saturated rings. The maximum absolute atomic E-state index is 6.14. The van der Waals surface area contributed by atoms with Crippen LogP contribution in [0.15, 0.2) is 66.4 Å². The molecule has 1 atom stereocenters. The summed E-state index contributed by atoms with van der Waals surface area (Å²) in [5.74, 6) is 2.85. The Labute approximate surface area is 119 Å². The third kappa shape index (κ3) is 2.55. The molecule has 0 bridgehead atoms. The van der Waals surface area contributed by atoms with Gasteiger partial charge >= 0.3 is 0 Å². The molecular weight excluding hydrogens is 248 g/mol. The van der Waals surface area contributed by atoms with E-state index in [9.17, 15) is 0 Å². The molecule has 102 valence electrons. The third-order valence-electron chi connectivity index (χ3n) is 3.18. The highest BCUT2D eigenvalue weighted by Gasteiger charge is 2.27. The Morgan fingerprint density at radius 1 is 0.900 bits per heavy atom. The van der Waals surface area contributed by atoms with E-state index in [0.29, 0.717) is 5.92 Å². The summed E-state index contributed by atoms with van der Waals surface area (Å²) < 4.78 is 12.2. The van der Waals surface area contributed by atoms with Gasteiger partial charge in [-0.1, -0.05) is 56.3 Å². The number of fused-ring (bicyclic) bond motifs is 1. The number of hydrogen-bond donors (Lipinski definition) is 0. The van der Waals surface area contributed by atoms with E-state index in [1.54, 1.807) is 0 Å². The monoisotopic (exact) mass is 266 g/mol. The molecule has 1 aliphatic rings. The molecule has 0 saturated carbocycles. The lowest BCUT2D eigenvalue weighted by Crippen LogP contribution is -2.20. The van der Waals surface area contributed by atoms with Crippen LogP contribution in [0.3, 0.4) is 0 Å². The van der Waals surface area contributed by atoms with Crippen LogP contribution in [0, 0.1) is 5.92 Å². The van der Waals surface area contributed by atoms with Crippen LogP contribution in [0.25, 0.3) is 0 Å². The fourth-order valence-electron chi connectivity index (χ4n) is 2.31. The lowest BCUT2D eigenvalue weighted by Gasteiger charge is -2.29. The van der Waals surface area contributed by atoms with Gasteiger partial charge in [0.25, 0.3) is 0 Å². The standard InChI is InChI=1S/C18H18O2/c1-13(2)12-17-18(14-8-4-3-5-9-14)20-16-11-7-6-10-15(16)19-17/h3-13,18H,1-2H3/b17-12-. The molecule has 0 spiro atoms. The van der Waals surface area contributed by atoms with Crippen molar-refractivity contribution in [1.82, 2.24) is 0 Å². The molecule has 0 radical (unpaired) electrons. The fraction of sp³-hybridized carbons (Fsp3) is 0.222. The van der Waals surface area contributed by atoms with Crippen molar-refractivity contribution < 1.29 is 9.47 Å². The van der Waals surface area contributed by atoms with Gasteiger partial charge in [0.1, 0.15) is 5.76 Å². The molecule has 0 amide bonds. The van der Waals surface area contributed by atoms with Crippen molar-refractivity contribution in [1.29, 1.82) is 0 Å². The SMILES string of the molecule is CC(C)/C=C1\Oc2ccccc2OC1c1ccccc1. The first kappa shape index (κ1) is 12.8. The van der Waals surface area contributed by atoms with E-state index in [4.69, 9.17) is 9.47 Å². The molecular formula is C18H18O2. The molecule has 3 rings (SSSR count). The molecule has 2 aromatic carbocycles. The van der Waals surface area contributed by atoms with Crippen LogP contribution in [0.5, 0.6) is 11.5 Å². The lowest BCUT2D eigenvalue weighted by molar-refractivity contribution is 0.146. The van der Waals surface area contributed by atoms with Gasteiger partial charge in [-0.2, -0.15) is 0 Å². The number of allylic oxidation sites excluding steroid dienone is 1. The normalized spacial score (nSPS) is 19.4. The maximum atomic E-state index is 6.14. The second kappa shape index (κ2) is 5.41. The van der Waals surface area contributed by atoms with E-state index in [-0.39, 0.29) is 6.10 Å². The summed E-state index contributed by atoms with van der Waals surface area (Å²) in [4.78, 5) is 0. The van der Waals surface area contributed by atoms with Crippen LogP contribution in [0.2, 0.25) is 0 Å². The van der Waals surface area contributed by atoms with Crippen LogP contribution in [0.4, 0.5) is 0 Å². The Kier molecular flexibility index (Phi) is 3.46. The molecule has 2 heteroatoms. The van der Waals surface area contributed by atoms with Crippen LogP contribution < -0.4 is 9.47 Å². The van der Waals surface area contributed by atoms with Gasteiger partial charge in [-0.15, -0.1) is 0 Å². The molecule has 0 N–H and O–H groups in total. The van der Waals surface area contributed by atoms with Gasteiger partial charge in [0.2, 0.25) is 0 Å². The Morgan fingerprint density at radius 3 is 2.25 bits per heavy atom. The van der Waals surface area contributed by atoms with Crippen LogP contribution in [0.1, 0.15) is 25.5 Å². The van der Waals surface area contributed by atoms with Crippen molar-refractivity contribution >= 4 is 0 Å². The van der Waals surface area contributed by atoms with Crippen LogP contribution >= 0.6 is 0 Å². The summed E-state index contributed by atoms with van der Waals surface area (Å²) in [5.41, 5.74) is 1.11. The highest BCUT2D eigenvalue weighted by atomic mass is 16.6. The highest BCUT2D eigenvalue weighted by Crippen LogP contribution is 2.41. The van der Waals surface area contributed by atoms with Crippen LogP contribution in [-0.2, 0) is 0 Å². The fourth-order valence-corrected chi connectivity index (χ4v) is 2.31. The lowest BCUT2D eigenvalue weighted by atomic mass is 10.0. The van der Waals surface area contributed by atoms with Crippen molar-refractivity contribution in [3.05, 3.63) is 72.0 Å². The Hall–Kier alpha value is -2.22. The first-order chi connectivity index (χ1) is 9.74. The number of para-hydroxylation sites is 2. The van der Waals surface area contributed by atoms with E-state index in [2.05, 4.69) is 32.1 Å². The summed E-state index contributed by atoms with van der Waals surface area (Å²) in [6.45, 7) is 4.28. The van der Waals surface area contributed by atoms with Crippen molar-refractivity contribution in [2.75, 3.05) is 0 Å². The largest absolute Gasteiger partial charge is 0.474 e. The average molecular weight is 266 g/mol. The Balaban J connectivity index is 2.03. The topological polar surface area (TPSA) is 18.5 Å². The van der Waals surface area contributed by atoms with E-state index in [1.165, 1.54) is 0 Å². The third-order valence-corrected chi connectivity index (χ3v) is 3.18. The first-order valence-electron chi connectivity index (χ1n) is 6.94. The van der Waals surface area contributed by atoms with E-state index in [0.717, 1.165) is 22.8 Å². The average Bonchev–Trinajstić information content (AvgIpc) is 2.47. The Bertz CT molecular complexity index is 614. The van der Waals surface area contributed by atoms with Gasteiger partial charge in [0.05, 0.1) is 0 Å². The van der Waals surface area contributed by atoms with Gasteiger partial charge in [0.15, 0.2) is 17.6 Å². The van der Waals surface area contributed by atoms with Crippen molar-refractivity contribution in [2.24, 2.45) is 5.92 Å². The highest BCUT2D eigenvalue weighted by molar-refractivity contribution is 5.45. The Morgan fingerprint density at radius 2 is 1.55 bits per heavy atom. The summed E-state index contributed by atoms with van der Waals surface area (Å²) in [5, 5.41) is 0. The molecule has 2 aromatic rings. The molecule has 0 aliphatic carbocycles. The van der Waals surface area contributed by atoms with E-state index in [1.807, 2.05) is 42.5 Å². The summed E-state index contributed by atoms with van der Waals surface area (Å²) >= 11 is 0. The molecule has 2 nitrogen and oxygen atoms in total. The van der Waals surface area contributed by atoms with Gasteiger partial charge in [-0.05, 0) is 24.1 Å². The van der Waals surface area contributed by atoms with Crippen molar-refractivity contribution in [3.63, 3.8) is 0 Å². The second-order valence-electron chi connectivity index (χ2n) is 5.27. The smallest absolute Gasteiger partial charge is 0.181 e. The summed E-state index contributed by atoms with van der Waals surface area (Å²) in [7, 11) is 0. The van der Waals surface area contributed by atoms with Crippen molar-refractivity contribution in [2.45, 2.75) is 20.0 Å².